The molecule has 8 nitrogen and oxygen atoms in total. The lowest BCUT2D eigenvalue weighted by molar-refractivity contribution is 0.417. The predicted octanol–water partition coefficient (Wildman–Crippen LogP) is 2.83. The zero-order chi connectivity index (χ0) is 18.4. The van der Waals surface area contributed by atoms with Gasteiger partial charge in [0.05, 0.1) is 42.8 Å². The van der Waals surface area contributed by atoms with Gasteiger partial charge in [0, 0.05) is 17.8 Å². The zero-order valence-corrected chi connectivity index (χ0v) is 14.9. The van der Waals surface area contributed by atoms with E-state index < -0.39 is 0 Å². The van der Waals surface area contributed by atoms with Crippen LogP contribution in [-0.2, 0) is 6.54 Å². The molecule has 5 aromatic rings. The van der Waals surface area contributed by atoms with Gasteiger partial charge in [-0.2, -0.15) is 5.10 Å². The van der Waals surface area contributed by atoms with Gasteiger partial charge in [-0.05, 0) is 30.7 Å². The third kappa shape index (κ3) is 2.62. The molecule has 0 fully saturated rings. The van der Waals surface area contributed by atoms with Crippen molar-refractivity contribution < 1.29 is 4.74 Å². The SMILES string of the molecule is COc1ccc2[nH]ncc2c1-c1cn(Cc2cn3cc(C)ccc3n2)nn1. The van der Waals surface area contributed by atoms with Crippen molar-refractivity contribution in [2.75, 3.05) is 7.11 Å². The molecule has 0 spiro atoms. The van der Waals surface area contributed by atoms with E-state index in [4.69, 9.17) is 4.74 Å². The number of aromatic amines is 1. The van der Waals surface area contributed by atoms with Crippen molar-refractivity contribution in [2.24, 2.45) is 0 Å². The lowest BCUT2D eigenvalue weighted by Gasteiger charge is -2.06. The number of hydrogen-bond acceptors (Lipinski definition) is 5. The van der Waals surface area contributed by atoms with E-state index in [0.29, 0.717) is 6.54 Å². The lowest BCUT2D eigenvalue weighted by atomic mass is 10.1. The Hall–Kier alpha value is -3.68. The fourth-order valence-electron chi connectivity index (χ4n) is 3.32. The first-order chi connectivity index (χ1) is 13.2. The highest BCUT2D eigenvalue weighted by molar-refractivity contribution is 5.96. The summed E-state index contributed by atoms with van der Waals surface area (Å²) in [6, 6.07) is 7.90. The molecule has 0 saturated carbocycles. The summed E-state index contributed by atoms with van der Waals surface area (Å²) in [4.78, 5) is 4.64. The molecule has 27 heavy (non-hydrogen) atoms. The number of methoxy groups -OCH3 is 1. The largest absolute Gasteiger partial charge is 0.496 e. The molecule has 0 aliphatic carbocycles. The summed E-state index contributed by atoms with van der Waals surface area (Å²) in [6.07, 6.45) is 7.75. The van der Waals surface area contributed by atoms with E-state index in [0.717, 1.165) is 39.3 Å². The van der Waals surface area contributed by atoms with E-state index >= 15 is 0 Å². The number of aryl methyl sites for hydroxylation is 1. The molecule has 4 heterocycles. The van der Waals surface area contributed by atoms with Crippen molar-refractivity contribution in [2.45, 2.75) is 13.5 Å². The molecular formula is C19H17N7O. The summed E-state index contributed by atoms with van der Waals surface area (Å²) in [5.74, 6) is 0.735. The zero-order valence-electron chi connectivity index (χ0n) is 14.9. The predicted molar refractivity (Wildman–Crippen MR) is 101 cm³/mol. The number of nitrogens with zero attached hydrogens (tertiary/aromatic N) is 6. The van der Waals surface area contributed by atoms with Crippen LogP contribution in [0.2, 0.25) is 0 Å². The molecule has 0 bridgehead atoms. The van der Waals surface area contributed by atoms with Crippen LogP contribution in [0.3, 0.4) is 0 Å². The van der Waals surface area contributed by atoms with Gasteiger partial charge in [-0.3, -0.25) is 5.10 Å². The number of rotatable bonds is 4. The minimum Gasteiger partial charge on any atom is -0.496 e. The molecule has 8 heteroatoms. The monoisotopic (exact) mass is 359 g/mol. The van der Waals surface area contributed by atoms with Gasteiger partial charge < -0.3 is 9.14 Å². The van der Waals surface area contributed by atoms with Gasteiger partial charge >= 0.3 is 0 Å². The normalized spacial score (nSPS) is 11.5. The molecule has 0 amide bonds. The quantitative estimate of drug-likeness (QED) is 0.533. The molecule has 1 aromatic carbocycles. The standard InChI is InChI=1S/C19H17N7O/c1-12-3-6-18-21-13(9-25(18)8-12)10-26-11-16(23-24-26)19-14-7-20-22-15(14)4-5-17(19)27-2/h3-9,11H,10H2,1-2H3,(H,20,22). The topological polar surface area (TPSA) is 85.9 Å². The third-order valence-corrected chi connectivity index (χ3v) is 4.57. The number of benzene rings is 1. The number of aromatic nitrogens is 7. The fourth-order valence-corrected chi connectivity index (χ4v) is 3.32. The Kier molecular flexibility index (Phi) is 3.43. The smallest absolute Gasteiger partial charge is 0.137 e. The van der Waals surface area contributed by atoms with Crippen molar-refractivity contribution in [3.63, 3.8) is 0 Å². The second-order valence-electron chi connectivity index (χ2n) is 6.48. The maximum atomic E-state index is 5.52. The molecule has 0 aliphatic heterocycles. The van der Waals surface area contributed by atoms with Crippen LogP contribution in [0.1, 0.15) is 11.3 Å². The van der Waals surface area contributed by atoms with Crippen molar-refractivity contribution in [3.05, 3.63) is 60.3 Å². The first-order valence-electron chi connectivity index (χ1n) is 8.56. The molecule has 0 unspecified atom stereocenters. The maximum Gasteiger partial charge on any atom is 0.137 e. The van der Waals surface area contributed by atoms with Crippen LogP contribution in [0.25, 0.3) is 27.8 Å². The van der Waals surface area contributed by atoms with Gasteiger partial charge in [-0.1, -0.05) is 11.3 Å². The summed E-state index contributed by atoms with van der Waals surface area (Å²) in [7, 11) is 1.65. The second-order valence-corrected chi connectivity index (χ2v) is 6.48. The van der Waals surface area contributed by atoms with Gasteiger partial charge in [0.15, 0.2) is 0 Å². The fraction of sp³-hybridized carbons (Fsp3) is 0.158. The molecule has 0 atom stereocenters. The third-order valence-electron chi connectivity index (χ3n) is 4.57. The van der Waals surface area contributed by atoms with Crippen molar-refractivity contribution >= 4 is 16.6 Å². The Morgan fingerprint density at radius 3 is 2.93 bits per heavy atom. The second kappa shape index (κ2) is 5.94. The van der Waals surface area contributed by atoms with Gasteiger partial charge in [0.25, 0.3) is 0 Å². The van der Waals surface area contributed by atoms with Crippen molar-refractivity contribution in [3.8, 4) is 17.0 Å². The van der Waals surface area contributed by atoms with Crippen LogP contribution in [0.15, 0.2) is 49.1 Å². The molecule has 5 rings (SSSR count). The Balaban J connectivity index is 1.52. The minimum atomic E-state index is 0.539. The molecule has 0 aliphatic rings. The number of pyridine rings is 1. The number of ether oxygens (including phenoxy) is 1. The Morgan fingerprint density at radius 2 is 2.04 bits per heavy atom. The molecule has 0 saturated heterocycles. The molecular weight excluding hydrogens is 342 g/mol. The van der Waals surface area contributed by atoms with Crippen LogP contribution in [-0.4, -0.2) is 41.7 Å². The summed E-state index contributed by atoms with van der Waals surface area (Å²) >= 11 is 0. The van der Waals surface area contributed by atoms with E-state index in [1.165, 1.54) is 5.56 Å². The highest BCUT2D eigenvalue weighted by Crippen LogP contribution is 2.34. The number of nitrogens with one attached hydrogen (secondary N) is 1. The summed E-state index contributed by atoms with van der Waals surface area (Å²) in [5.41, 5.74) is 5.57. The van der Waals surface area contributed by atoms with Gasteiger partial charge in [0.1, 0.15) is 17.1 Å². The van der Waals surface area contributed by atoms with Crippen molar-refractivity contribution in [1.82, 2.24) is 34.6 Å². The van der Waals surface area contributed by atoms with E-state index in [-0.39, 0.29) is 0 Å². The van der Waals surface area contributed by atoms with Crippen LogP contribution in [0.5, 0.6) is 5.75 Å². The first-order valence-corrected chi connectivity index (χ1v) is 8.56. The van der Waals surface area contributed by atoms with E-state index in [1.54, 1.807) is 18.0 Å². The Bertz CT molecular complexity index is 1260. The first kappa shape index (κ1) is 15.6. The average molecular weight is 359 g/mol. The minimum absolute atomic E-state index is 0.539. The maximum absolute atomic E-state index is 5.52. The van der Waals surface area contributed by atoms with Crippen LogP contribution in [0, 0.1) is 6.92 Å². The average Bonchev–Trinajstić information content (AvgIpc) is 3.39. The van der Waals surface area contributed by atoms with E-state index in [2.05, 4.69) is 44.7 Å². The van der Waals surface area contributed by atoms with E-state index in [9.17, 15) is 0 Å². The number of fused-ring (bicyclic) bond motifs is 2. The van der Waals surface area contributed by atoms with E-state index in [1.807, 2.05) is 35.0 Å². The Morgan fingerprint density at radius 1 is 1.11 bits per heavy atom. The van der Waals surface area contributed by atoms with Crippen LogP contribution in [0.4, 0.5) is 0 Å². The van der Waals surface area contributed by atoms with Gasteiger partial charge in [0.2, 0.25) is 0 Å². The highest BCUT2D eigenvalue weighted by Gasteiger charge is 2.16. The Labute approximate surface area is 154 Å². The van der Waals surface area contributed by atoms with Gasteiger partial charge in [-0.15, -0.1) is 5.10 Å². The highest BCUT2D eigenvalue weighted by atomic mass is 16.5. The van der Waals surface area contributed by atoms with Crippen molar-refractivity contribution in [1.29, 1.82) is 0 Å². The molecule has 4 aromatic heterocycles. The summed E-state index contributed by atoms with van der Waals surface area (Å²) in [6.45, 7) is 2.60. The molecule has 0 radical (unpaired) electrons. The summed E-state index contributed by atoms with van der Waals surface area (Å²) < 4.78 is 9.33. The van der Waals surface area contributed by atoms with Gasteiger partial charge in [-0.25, -0.2) is 9.67 Å². The van der Waals surface area contributed by atoms with Crippen LogP contribution < -0.4 is 4.74 Å². The number of H-pyrrole nitrogens is 1. The molecule has 134 valence electrons. The molecule has 1 N–H and O–H groups in total. The summed E-state index contributed by atoms with van der Waals surface area (Å²) in [5, 5.41) is 16.7. The number of hydrogen-bond donors (Lipinski definition) is 1. The number of imidazole rings is 1. The van der Waals surface area contributed by atoms with Crippen LogP contribution >= 0.6 is 0 Å². The lowest BCUT2D eigenvalue weighted by Crippen LogP contribution is -2.00.